The molecule has 0 radical (unpaired) electrons. The summed E-state index contributed by atoms with van der Waals surface area (Å²) in [6.07, 6.45) is 11.2. The second-order valence-electron chi connectivity index (χ2n) is 8.56. The topological polar surface area (TPSA) is 82.7 Å². The number of aromatic nitrogens is 7. The Morgan fingerprint density at radius 3 is 1.71 bits per heavy atom. The first-order chi connectivity index (χ1) is 16.9. The summed E-state index contributed by atoms with van der Waals surface area (Å²) >= 11 is 0. The summed E-state index contributed by atoms with van der Waals surface area (Å²) in [6, 6.07) is 16.4. The fraction of sp³-hybridized carbons (Fsp3) is 0.160. The van der Waals surface area contributed by atoms with Crippen molar-refractivity contribution in [2.45, 2.75) is 0 Å². The van der Waals surface area contributed by atoms with Crippen LogP contribution in [-0.4, -0.2) is 52.3 Å². The molecule has 0 saturated carbocycles. The van der Waals surface area contributed by atoms with Crippen molar-refractivity contribution < 1.29 is 9.13 Å². The molecule has 0 atom stereocenters. The van der Waals surface area contributed by atoms with Gasteiger partial charge >= 0.3 is 17.6 Å². The molecule has 176 valence electrons. The number of H-pyrrole nitrogens is 1. The molecule has 0 amide bonds. The van der Waals surface area contributed by atoms with Crippen molar-refractivity contribution in [2.24, 2.45) is 0 Å². The second kappa shape index (κ2) is 8.90. The van der Waals surface area contributed by atoms with E-state index in [1.807, 2.05) is 99.0 Å². The van der Waals surface area contributed by atoms with Crippen molar-refractivity contribution in [1.29, 1.82) is 0 Å². The zero-order valence-electron chi connectivity index (χ0n) is 20.1. The Labute approximate surface area is 202 Å². The number of aromatic amines is 1. The lowest BCUT2D eigenvalue weighted by Gasteiger charge is -2.12. The Hall–Kier alpha value is -4.73. The van der Waals surface area contributed by atoms with E-state index in [0.29, 0.717) is 5.95 Å². The van der Waals surface area contributed by atoms with E-state index in [-0.39, 0.29) is 5.95 Å². The zero-order valence-corrected chi connectivity index (χ0v) is 20.1. The second-order valence-corrected chi connectivity index (χ2v) is 8.56. The molecule has 0 spiro atoms. The highest BCUT2D eigenvalue weighted by Gasteiger charge is 2.19. The summed E-state index contributed by atoms with van der Waals surface area (Å²) in [5, 5.41) is 0. The largest absolute Gasteiger partial charge is 0.449 e. The first kappa shape index (κ1) is 22.1. The maximum absolute atomic E-state index is 12.4. The van der Waals surface area contributed by atoms with E-state index in [9.17, 15) is 4.79 Å². The van der Waals surface area contributed by atoms with E-state index < -0.39 is 5.69 Å². The van der Waals surface area contributed by atoms with Crippen LogP contribution >= 0.6 is 0 Å². The van der Waals surface area contributed by atoms with Crippen LogP contribution in [0.15, 0.2) is 90.8 Å². The van der Waals surface area contributed by atoms with Crippen LogP contribution in [-0.2, 0) is 0 Å². The Kier molecular flexibility index (Phi) is 5.61. The number of hydrogen-bond acceptors (Lipinski definition) is 5. The van der Waals surface area contributed by atoms with Gasteiger partial charge in [-0.1, -0.05) is 0 Å². The molecule has 10 heteroatoms. The minimum atomic E-state index is -0.476. The quantitative estimate of drug-likeness (QED) is 0.381. The van der Waals surface area contributed by atoms with Crippen LogP contribution in [0, 0.1) is 0 Å². The van der Waals surface area contributed by atoms with E-state index in [1.54, 1.807) is 9.13 Å². The predicted octanol–water partition coefficient (Wildman–Crippen LogP) is 1.43. The molecule has 10 nitrogen and oxygen atoms in total. The number of nitrogens with one attached hydrogen (secondary N) is 1. The van der Waals surface area contributed by atoms with Gasteiger partial charge in [-0.25, -0.2) is 9.36 Å². The van der Waals surface area contributed by atoms with Crippen LogP contribution in [0.4, 0.5) is 11.4 Å². The van der Waals surface area contributed by atoms with Gasteiger partial charge in [-0.3, -0.25) is 9.13 Å². The molecule has 2 aromatic carbocycles. The average Bonchev–Trinajstić information content (AvgIpc) is 3.54. The zero-order chi connectivity index (χ0) is 24.5. The summed E-state index contributed by atoms with van der Waals surface area (Å²) in [4.78, 5) is 27.8. The van der Waals surface area contributed by atoms with Crippen molar-refractivity contribution in [2.75, 3.05) is 38.0 Å². The van der Waals surface area contributed by atoms with Crippen LogP contribution in [0.1, 0.15) is 0 Å². The predicted molar refractivity (Wildman–Crippen MR) is 133 cm³/mol. The highest BCUT2D eigenvalue weighted by atomic mass is 16.1. The van der Waals surface area contributed by atoms with Gasteiger partial charge in [-0.2, -0.15) is 9.55 Å². The van der Waals surface area contributed by atoms with E-state index >= 15 is 0 Å². The molecule has 0 aliphatic rings. The van der Waals surface area contributed by atoms with Gasteiger partial charge in [0.2, 0.25) is 0 Å². The lowest BCUT2D eigenvalue weighted by Crippen LogP contribution is -2.40. The summed E-state index contributed by atoms with van der Waals surface area (Å²) in [5.74, 6) is 0.655. The van der Waals surface area contributed by atoms with Gasteiger partial charge < -0.3 is 9.80 Å². The first-order valence-corrected chi connectivity index (χ1v) is 11.1. The van der Waals surface area contributed by atoms with Crippen molar-refractivity contribution in [1.82, 2.24) is 24.1 Å². The van der Waals surface area contributed by atoms with E-state index in [0.717, 1.165) is 22.7 Å². The van der Waals surface area contributed by atoms with Crippen molar-refractivity contribution in [3.05, 3.63) is 96.5 Å². The third-order valence-corrected chi connectivity index (χ3v) is 5.70. The van der Waals surface area contributed by atoms with Gasteiger partial charge in [0.05, 0.1) is 36.2 Å². The lowest BCUT2D eigenvalue weighted by atomic mass is 10.2. The molecule has 0 aliphatic heterocycles. The Bertz CT molecular complexity index is 1400. The molecule has 0 saturated heterocycles. The number of rotatable bonds is 6. The normalized spacial score (nSPS) is 11.0. The maximum atomic E-state index is 12.4. The fourth-order valence-corrected chi connectivity index (χ4v) is 3.70. The summed E-state index contributed by atoms with van der Waals surface area (Å²) in [6.45, 7) is 0. The SMILES string of the molecule is CN(C)c1ccc(-n2cc[n+](-c3nc(-[n+]4ccn(-c5ccc(N(C)C)cc5)c4)[nH]c(=O)n3)c2)cc1. The monoisotopic (exact) mass is 469 g/mol. The smallest absolute Gasteiger partial charge is 0.378 e. The molecule has 0 unspecified atom stereocenters. The first-order valence-electron chi connectivity index (χ1n) is 11.1. The lowest BCUT2D eigenvalue weighted by molar-refractivity contribution is -0.615. The summed E-state index contributed by atoms with van der Waals surface area (Å²) < 4.78 is 7.38. The molecule has 3 heterocycles. The Morgan fingerprint density at radius 1 is 0.714 bits per heavy atom. The molecule has 35 heavy (non-hydrogen) atoms. The summed E-state index contributed by atoms with van der Waals surface area (Å²) in [5.41, 5.74) is 3.75. The number of benzene rings is 2. The van der Waals surface area contributed by atoms with Crippen molar-refractivity contribution >= 4 is 11.4 Å². The number of hydrogen-bond donors (Lipinski definition) is 1. The third kappa shape index (κ3) is 4.54. The minimum absolute atomic E-state index is 0.281. The molecule has 5 aromatic rings. The van der Waals surface area contributed by atoms with Gasteiger partial charge in [0, 0.05) is 39.6 Å². The van der Waals surface area contributed by atoms with Crippen molar-refractivity contribution in [3.8, 4) is 23.3 Å². The molecule has 3 aromatic heterocycles. The van der Waals surface area contributed by atoms with E-state index in [4.69, 9.17) is 0 Å². The van der Waals surface area contributed by atoms with E-state index in [2.05, 4.69) is 49.0 Å². The highest BCUT2D eigenvalue weighted by molar-refractivity contribution is 5.50. The van der Waals surface area contributed by atoms with Gasteiger partial charge in [-0.15, -0.1) is 0 Å². The van der Waals surface area contributed by atoms with Crippen LogP contribution in [0.5, 0.6) is 0 Å². The Balaban J connectivity index is 1.43. The molecule has 0 bridgehead atoms. The minimum Gasteiger partial charge on any atom is -0.378 e. The van der Waals surface area contributed by atoms with Crippen molar-refractivity contribution in [3.63, 3.8) is 0 Å². The molecular formula is C25H27N9O+2. The van der Waals surface area contributed by atoms with Gasteiger partial charge in [0.25, 0.3) is 0 Å². The summed E-state index contributed by atoms with van der Waals surface area (Å²) in [7, 11) is 8.03. The average molecular weight is 470 g/mol. The van der Waals surface area contributed by atoms with E-state index in [1.165, 1.54) is 0 Å². The molecular weight excluding hydrogens is 442 g/mol. The molecule has 0 fully saturated rings. The number of nitrogens with zero attached hydrogens (tertiary/aromatic N) is 8. The van der Waals surface area contributed by atoms with Crippen LogP contribution in [0.2, 0.25) is 0 Å². The molecule has 5 rings (SSSR count). The maximum Gasteiger partial charge on any atom is 0.449 e. The number of anilines is 2. The van der Waals surface area contributed by atoms with Crippen LogP contribution in [0.25, 0.3) is 23.3 Å². The fourth-order valence-electron chi connectivity index (χ4n) is 3.70. The highest BCUT2D eigenvalue weighted by Crippen LogP contribution is 2.16. The molecule has 0 aliphatic carbocycles. The Morgan fingerprint density at radius 2 is 1.20 bits per heavy atom. The van der Waals surface area contributed by atoms with Gasteiger partial charge in [0.15, 0.2) is 12.7 Å². The number of imidazole rings is 2. The standard InChI is InChI=1S/C25H26N9O/c1-29(2)19-5-9-21(10-6-19)31-13-15-33(17-31)23-26-24(28-25(35)27-23)34-16-14-32(18-34)22-11-7-20(8-12-22)30(3)4/h5-18H,1-4H3/q+1/p+1. The van der Waals surface area contributed by atoms with Crippen LogP contribution < -0.4 is 24.6 Å². The molecule has 1 N–H and O–H groups in total. The van der Waals surface area contributed by atoms with Gasteiger partial charge in [-0.05, 0) is 58.5 Å². The van der Waals surface area contributed by atoms with Gasteiger partial charge in [0.1, 0.15) is 0 Å². The van der Waals surface area contributed by atoms with Crippen LogP contribution in [0.3, 0.4) is 0 Å². The third-order valence-electron chi connectivity index (χ3n) is 5.70.